The summed E-state index contributed by atoms with van der Waals surface area (Å²) in [4.78, 5) is 21.8. The van der Waals surface area contributed by atoms with Crippen molar-refractivity contribution in [1.29, 1.82) is 0 Å². The van der Waals surface area contributed by atoms with E-state index < -0.39 is 30.6 Å². The first kappa shape index (κ1) is 13.9. The van der Waals surface area contributed by atoms with Crippen molar-refractivity contribution >= 4 is 11.9 Å². The number of carbonyl (C=O) groups excluding carboxylic acids is 1. The SMILES string of the molecule is CC(C)C[C@@H](N)C(=O)N[C@H](CO)C(=O)O. The summed E-state index contributed by atoms with van der Waals surface area (Å²) in [7, 11) is 0. The highest BCUT2D eigenvalue weighted by molar-refractivity contribution is 5.86. The van der Waals surface area contributed by atoms with E-state index >= 15 is 0 Å². The standard InChI is InChI=1S/C9H18N2O4/c1-5(2)3-6(10)8(13)11-7(4-12)9(14)15/h5-7,12H,3-4,10H2,1-2H3,(H,11,13)(H,14,15)/t6-,7-/m1/s1. The van der Waals surface area contributed by atoms with Crippen molar-refractivity contribution in [2.24, 2.45) is 11.7 Å². The molecule has 88 valence electrons. The van der Waals surface area contributed by atoms with Crippen LogP contribution in [0.3, 0.4) is 0 Å². The molecule has 0 radical (unpaired) electrons. The van der Waals surface area contributed by atoms with Crippen LogP contribution in [-0.4, -0.2) is 40.8 Å². The van der Waals surface area contributed by atoms with E-state index in [1.54, 1.807) is 0 Å². The van der Waals surface area contributed by atoms with Gasteiger partial charge in [0.15, 0.2) is 0 Å². The van der Waals surface area contributed by atoms with Crippen LogP contribution in [0.4, 0.5) is 0 Å². The molecule has 0 rings (SSSR count). The molecule has 1 amide bonds. The molecule has 6 heteroatoms. The molecule has 0 fully saturated rings. The van der Waals surface area contributed by atoms with E-state index in [9.17, 15) is 9.59 Å². The van der Waals surface area contributed by atoms with Gasteiger partial charge in [0, 0.05) is 0 Å². The van der Waals surface area contributed by atoms with Gasteiger partial charge in [0.1, 0.15) is 6.04 Å². The molecule has 0 aliphatic rings. The van der Waals surface area contributed by atoms with Crippen LogP contribution in [0.2, 0.25) is 0 Å². The smallest absolute Gasteiger partial charge is 0.328 e. The number of carboxylic acids is 1. The predicted molar refractivity (Wildman–Crippen MR) is 54.1 cm³/mol. The number of aliphatic hydroxyl groups is 1. The first-order valence-corrected chi connectivity index (χ1v) is 4.78. The minimum atomic E-state index is -1.28. The number of aliphatic hydroxyl groups excluding tert-OH is 1. The minimum absolute atomic E-state index is 0.253. The molecule has 0 aromatic carbocycles. The van der Waals surface area contributed by atoms with Crippen LogP contribution in [-0.2, 0) is 9.59 Å². The van der Waals surface area contributed by atoms with Gasteiger partial charge in [-0.1, -0.05) is 13.8 Å². The molecule has 15 heavy (non-hydrogen) atoms. The fourth-order valence-electron chi connectivity index (χ4n) is 1.08. The Kier molecular flexibility index (Phi) is 5.88. The quantitative estimate of drug-likeness (QED) is 0.453. The fraction of sp³-hybridized carbons (Fsp3) is 0.778. The minimum Gasteiger partial charge on any atom is -0.480 e. The Morgan fingerprint density at radius 3 is 2.27 bits per heavy atom. The zero-order valence-electron chi connectivity index (χ0n) is 8.93. The second-order valence-electron chi connectivity index (χ2n) is 3.82. The molecule has 0 saturated heterocycles. The lowest BCUT2D eigenvalue weighted by atomic mass is 10.0. The highest BCUT2D eigenvalue weighted by Gasteiger charge is 2.22. The highest BCUT2D eigenvalue weighted by atomic mass is 16.4. The van der Waals surface area contributed by atoms with Crippen LogP contribution < -0.4 is 11.1 Å². The van der Waals surface area contributed by atoms with Gasteiger partial charge < -0.3 is 21.3 Å². The number of rotatable bonds is 6. The van der Waals surface area contributed by atoms with E-state index in [-0.39, 0.29) is 5.92 Å². The number of carboxylic acid groups (broad SMARTS) is 1. The Bertz CT molecular complexity index is 230. The first-order valence-electron chi connectivity index (χ1n) is 4.78. The maximum atomic E-state index is 11.3. The number of aliphatic carboxylic acids is 1. The molecule has 0 heterocycles. The molecular formula is C9H18N2O4. The van der Waals surface area contributed by atoms with E-state index in [0.29, 0.717) is 6.42 Å². The maximum absolute atomic E-state index is 11.3. The third-order valence-corrected chi connectivity index (χ3v) is 1.86. The Balaban J connectivity index is 4.16. The summed E-state index contributed by atoms with van der Waals surface area (Å²) in [5, 5.41) is 19.4. The van der Waals surface area contributed by atoms with Gasteiger partial charge in [-0.15, -0.1) is 0 Å². The van der Waals surface area contributed by atoms with Crippen molar-refractivity contribution in [3.8, 4) is 0 Å². The molecule has 0 saturated carbocycles. The van der Waals surface area contributed by atoms with Crippen molar-refractivity contribution in [1.82, 2.24) is 5.32 Å². The average molecular weight is 218 g/mol. The lowest BCUT2D eigenvalue weighted by molar-refractivity contribution is -0.143. The monoisotopic (exact) mass is 218 g/mol. The largest absolute Gasteiger partial charge is 0.480 e. The second kappa shape index (κ2) is 6.36. The fourth-order valence-corrected chi connectivity index (χ4v) is 1.08. The van der Waals surface area contributed by atoms with Crippen molar-refractivity contribution in [3.05, 3.63) is 0 Å². The molecule has 5 N–H and O–H groups in total. The zero-order valence-corrected chi connectivity index (χ0v) is 8.93. The Labute approximate surface area is 88.5 Å². The maximum Gasteiger partial charge on any atom is 0.328 e. The molecular weight excluding hydrogens is 200 g/mol. The van der Waals surface area contributed by atoms with E-state index in [2.05, 4.69) is 5.32 Å². The summed E-state index contributed by atoms with van der Waals surface area (Å²) in [6.07, 6.45) is 0.476. The molecule has 0 bridgehead atoms. The first-order chi connectivity index (χ1) is 6.88. The second-order valence-corrected chi connectivity index (χ2v) is 3.82. The van der Waals surface area contributed by atoms with Crippen LogP contribution >= 0.6 is 0 Å². The molecule has 0 aromatic heterocycles. The van der Waals surface area contributed by atoms with Crippen molar-refractivity contribution in [2.45, 2.75) is 32.4 Å². The van der Waals surface area contributed by atoms with E-state index in [4.69, 9.17) is 15.9 Å². The van der Waals surface area contributed by atoms with Crippen molar-refractivity contribution < 1.29 is 19.8 Å². The summed E-state index contributed by atoms with van der Waals surface area (Å²) in [5.74, 6) is -1.57. The average Bonchev–Trinajstić information content (AvgIpc) is 2.11. The Morgan fingerprint density at radius 1 is 1.40 bits per heavy atom. The van der Waals surface area contributed by atoms with Gasteiger partial charge in [0.05, 0.1) is 12.6 Å². The highest BCUT2D eigenvalue weighted by Crippen LogP contribution is 2.02. The molecule has 0 unspecified atom stereocenters. The topological polar surface area (TPSA) is 113 Å². The number of hydrogen-bond donors (Lipinski definition) is 4. The van der Waals surface area contributed by atoms with Crippen LogP contribution in [0.15, 0.2) is 0 Å². The predicted octanol–water partition coefficient (Wildman–Crippen LogP) is -1.08. The third-order valence-electron chi connectivity index (χ3n) is 1.86. The summed E-state index contributed by atoms with van der Waals surface area (Å²) < 4.78 is 0. The van der Waals surface area contributed by atoms with Crippen LogP contribution in [0, 0.1) is 5.92 Å². The Morgan fingerprint density at radius 2 is 1.93 bits per heavy atom. The van der Waals surface area contributed by atoms with Gasteiger partial charge in [0.2, 0.25) is 5.91 Å². The number of nitrogens with two attached hydrogens (primary N) is 1. The molecule has 2 atom stereocenters. The number of nitrogens with one attached hydrogen (secondary N) is 1. The lowest BCUT2D eigenvalue weighted by Gasteiger charge is -2.17. The van der Waals surface area contributed by atoms with Crippen LogP contribution in [0.5, 0.6) is 0 Å². The van der Waals surface area contributed by atoms with Gasteiger partial charge in [-0.25, -0.2) is 4.79 Å². The van der Waals surface area contributed by atoms with Crippen molar-refractivity contribution in [2.75, 3.05) is 6.61 Å². The zero-order chi connectivity index (χ0) is 12.0. The van der Waals surface area contributed by atoms with Crippen molar-refractivity contribution in [3.63, 3.8) is 0 Å². The Hall–Kier alpha value is -1.14. The molecule has 6 nitrogen and oxygen atoms in total. The van der Waals surface area contributed by atoms with Gasteiger partial charge in [-0.2, -0.15) is 0 Å². The summed E-state index contributed by atoms with van der Waals surface area (Å²) in [6, 6.07) is -2.02. The number of hydrogen-bond acceptors (Lipinski definition) is 4. The normalized spacial score (nSPS) is 14.7. The molecule has 0 aliphatic heterocycles. The molecule has 0 aromatic rings. The van der Waals surface area contributed by atoms with Gasteiger partial charge in [-0.3, -0.25) is 4.79 Å². The molecule has 0 spiro atoms. The number of amides is 1. The van der Waals surface area contributed by atoms with Crippen LogP contribution in [0.1, 0.15) is 20.3 Å². The van der Waals surface area contributed by atoms with E-state index in [1.165, 1.54) is 0 Å². The van der Waals surface area contributed by atoms with E-state index in [0.717, 1.165) is 0 Å². The third kappa shape index (κ3) is 5.34. The summed E-state index contributed by atoms with van der Waals surface area (Å²) in [5.41, 5.74) is 5.53. The van der Waals surface area contributed by atoms with Crippen LogP contribution in [0.25, 0.3) is 0 Å². The van der Waals surface area contributed by atoms with Gasteiger partial charge in [0.25, 0.3) is 0 Å². The van der Waals surface area contributed by atoms with E-state index in [1.807, 2.05) is 13.8 Å². The lowest BCUT2D eigenvalue weighted by Crippen LogP contribution is -2.50. The summed E-state index contributed by atoms with van der Waals surface area (Å²) >= 11 is 0. The van der Waals surface area contributed by atoms with Gasteiger partial charge >= 0.3 is 5.97 Å². The number of carbonyl (C=O) groups is 2. The summed E-state index contributed by atoms with van der Waals surface area (Å²) in [6.45, 7) is 3.18. The molecule has 0 aliphatic carbocycles. The van der Waals surface area contributed by atoms with Gasteiger partial charge in [-0.05, 0) is 12.3 Å².